The maximum Gasteiger partial charge on any atom is 0.257 e. The first-order valence-corrected chi connectivity index (χ1v) is 16.0. The lowest BCUT2D eigenvalue weighted by Gasteiger charge is -2.35. The molecule has 2 N–H and O–H groups in total. The number of carbonyl (C=O) groups is 1. The fourth-order valence-electron chi connectivity index (χ4n) is 6.04. The molecule has 0 bridgehead atoms. The van der Waals surface area contributed by atoms with Gasteiger partial charge in [0.15, 0.2) is 11.2 Å². The SMILES string of the molecule is O=C(Nc1nccs1)[C@@H](c1ncn2c1C[C@@H](F)C2)n1cc2c(Cl)cc(-c3ccc(N4CCN(CCO)CC4)cc3)c(Cl)c2n1. The Kier molecular flexibility index (Phi) is 8.02. The molecule has 14 heteroatoms. The van der Waals surface area contributed by atoms with Crippen molar-refractivity contribution in [3.8, 4) is 11.1 Å². The maximum atomic E-state index is 14.3. The highest BCUT2D eigenvalue weighted by molar-refractivity contribution is 7.13. The van der Waals surface area contributed by atoms with Gasteiger partial charge in [0.05, 0.1) is 35.2 Å². The lowest BCUT2D eigenvalue weighted by Crippen LogP contribution is -2.47. The number of hydrogen-bond donors (Lipinski definition) is 2. The van der Waals surface area contributed by atoms with E-state index in [1.165, 1.54) is 16.0 Å². The number of imidazole rings is 1. The number of thiazole rings is 1. The number of aromatic nitrogens is 5. The smallest absolute Gasteiger partial charge is 0.257 e. The topological polar surface area (TPSA) is 104 Å². The number of benzene rings is 2. The van der Waals surface area contributed by atoms with Crippen LogP contribution in [0, 0.1) is 0 Å². The van der Waals surface area contributed by atoms with Crippen LogP contribution in [0.25, 0.3) is 22.0 Å². The number of alkyl halides is 1. The summed E-state index contributed by atoms with van der Waals surface area (Å²) in [5, 5.41) is 20.5. The Balaban J connectivity index is 1.22. The summed E-state index contributed by atoms with van der Waals surface area (Å²) in [5.74, 6) is -0.406. The van der Waals surface area contributed by atoms with E-state index in [-0.39, 0.29) is 19.6 Å². The van der Waals surface area contributed by atoms with E-state index in [1.807, 2.05) is 18.2 Å². The third-order valence-electron chi connectivity index (χ3n) is 8.26. The third kappa shape index (κ3) is 5.45. The molecule has 0 radical (unpaired) electrons. The maximum absolute atomic E-state index is 14.3. The Morgan fingerprint density at radius 2 is 1.95 bits per heavy atom. The van der Waals surface area contributed by atoms with Crippen LogP contribution >= 0.6 is 34.5 Å². The number of hydrogen-bond acceptors (Lipinski definition) is 8. The van der Waals surface area contributed by atoms with Gasteiger partial charge in [0.1, 0.15) is 11.7 Å². The van der Waals surface area contributed by atoms with Crippen LogP contribution in [0.15, 0.2) is 54.4 Å². The number of halogens is 3. The normalized spacial score (nSPS) is 17.7. The lowest BCUT2D eigenvalue weighted by molar-refractivity contribution is -0.118. The minimum Gasteiger partial charge on any atom is -0.395 e. The second-order valence-corrected chi connectivity index (χ2v) is 12.6. The molecule has 2 aromatic carbocycles. The first-order valence-electron chi connectivity index (χ1n) is 14.3. The summed E-state index contributed by atoms with van der Waals surface area (Å²) in [6, 6.07) is 8.98. The van der Waals surface area contributed by atoms with Crippen LogP contribution < -0.4 is 10.2 Å². The molecule has 2 aliphatic rings. The van der Waals surface area contributed by atoms with Gasteiger partial charge in [0, 0.05) is 79.2 Å². The van der Waals surface area contributed by atoms with E-state index < -0.39 is 18.1 Å². The van der Waals surface area contributed by atoms with Gasteiger partial charge < -0.3 is 14.6 Å². The highest BCUT2D eigenvalue weighted by Gasteiger charge is 2.34. The summed E-state index contributed by atoms with van der Waals surface area (Å²) in [4.78, 5) is 27.0. The van der Waals surface area contributed by atoms with Crippen molar-refractivity contribution in [2.75, 3.05) is 49.5 Å². The van der Waals surface area contributed by atoms with Crippen LogP contribution in [0.2, 0.25) is 10.0 Å². The Hall–Kier alpha value is -3.55. The monoisotopic (exact) mass is 654 g/mol. The number of nitrogens with zero attached hydrogens (tertiary/aromatic N) is 7. The fraction of sp³-hybridized carbons (Fsp3) is 0.333. The van der Waals surface area contributed by atoms with Gasteiger partial charge in [-0.05, 0) is 23.8 Å². The van der Waals surface area contributed by atoms with Gasteiger partial charge in [0.25, 0.3) is 5.91 Å². The third-order valence-corrected chi connectivity index (χ3v) is 9.64. The largest absolute Gasteiger partial charge is 0.395 e. The standard InChI is InChI=1S/C30H29Cl2FN8O2S/c31-23-14-21(18-1-3-20(4-2-18)39-8-6-38(7-9-39)10-11-42)25(32)26-22(23)16-41(37-26)28(29(43)36-30-34-5-12-44-30)27-24-13-19(33)15-40(24)17-35-27/h1-5,12,14,16-17,19,28,42H,6-11,13,15H2,(H,34,36,43)/t19-,28-/m1/s1. The van der Waals surface area contributed by atoms with Crippen LogP contribution in [0.5, 0.6) is 0 Å². The van der Waals surface area contributed by atoms with Crippen molar-refractivity contribution >= 4 is 62.2 Å². The number of β-amino-alcohol motifs (C(OH)–C–C–N with tert-alkyl or cyclic N) is 1. The molecule has 5 heterocycles. The lowest BCUT2D eigenvalue weighted by atomic mass is 10.0. The van der Waals surface area contributed by atoms with Crippen LogP contribution in [-0.4, -0.2) is 85.7 Å². The number of amides is 1. The number of rotatable bonds is 8. The molecular formula is C30H29Cl2FN8O2S. The summed E-state index contributed by atoms with van der Waals surface area (Å²) < 4.78 is 17.6. The minimum atomic E-state index is -1.04. The zero-order valence-corrected chi connectivity index (χ0v) is 25.9. The van der Waals surface area contributed by atoms with E-state index in [9.17, 15) is 14.3 Å². The second-order valence-electron chi connectivity index (χ2n) is 10.9. The Bertz CT molecular complexity index is 1800. The van der Waals surface area contributed by atoms with Crippen molar-refractivity contribution in [3.63, 3.8) is 0 Å². The summed E-state index contributed by atoms with van der Waals surface area (Å²) in [6.45, 7) is 4.65. The van der Waals surface area contributed by atoms with Gasteiger partial charge in [0.2, 0.25) is 0 Å². The molecule has 0 aliphatic carbocycles. The molecule has 5 aromatic rings. The van der Waals surface area contributed by atoms with Crippen molar-refractivity contribution in [3.05, 3.63) is 75.9 Å². The molecule has 1 fully saturated rings. The Labute approximate surface area is 266 Å². The highest BCUT2D eigenvalue weighted by atomic mass is 35.5. The molecule has 10 nitrogen and oxygen atoms in total. The zero-order chi connectivity index (χ0) is 30.4. The Morgan fingerprint density at radius 1 is 1.16 bits per heavy atom. The van der Waals surface area contributed by atoms with E-state index in [0.29, 0.717) is 44.0 Å². The van der Waals surface area contributed by atoms with Crippen molar-refractivity contribution < 1.29 is 14.3 Å². The van der Waals surface area contributed by atoms with E-state index in [4.69, 9.17) is 28.3 Å². The number of anilines is 2. The quantitative estimate of drug-likeness (QED) is 0.245. The molecule has 3 aromatic heterocycles. The van der Waals surface area contributed by atoms with E-state index in [0.717, 1.165) is 43.0 Å². The first kappa shape index (κ1) is 29.2. The minimum absolute atomic E-state index is 0.164. The van der Waals surface area contributed by atoms with Crippen LogP contribution in [0.4, 0.5) is 15.2 Å². The van der Waals surface area contributed by atoms with Crippen molar-refractivity contribution in [1.82, 2.24) is 29.2 Å². The van der Waals surface area contributed by atoms with Gasteiger partial charge in [-0.1, -0.05) is 35.3 Å². The molecule has 2 aliphatic heterocycles. The molecule has 228 valence electrons. The van der Waals surface area contributed by atoms with E-state index >= 15 is 0 Å². The predicted molar refractivity (Wildman–Crippen MR) is 171 cm³/mol. The number of aliphatic hydroxyl groups excluding tert-OH is 1. The molecule has 0 spiro atoms. The van der Waals surface area contributed by atoms with Crippen molar-refractivity contribution in [2.45, 2.75) is 25.2 Å². The number of piperazine rings is 1. The number of carbonyl (C=O) groups excluding carboxylic acids is 1. The molecular weight excluding hydrogens is 626 g/mol. The number of aliphatic hydroxyl groups is 1. The average Bonchev–Trinajstić information content (AvgIpc) is 3.83. The summed E-state index contributed by atoms with van der Waals surface area (Å²) >= 11 is 15.1. The van der Waals surface area contributed by atoms with Crippen LogP contribution in [0.1, 0.15) is 17.4 Å². The van der Waals surface area contributed by atoms with Gasteiger partial charge in [-0.15, -0.1) is 11.3 Å². The van der Waals surface area contributed by atoms with Gasteiger partial charge in [-0.25, -0.2) is 14.4 Å². The van der Waals surface area contributed by atoms with Crippen LogP contribution in [0.3, 0.4) is 0 Å². The first-order chi connectivity index (χ1) is 21.4. The van der Waals surface area contributed by atoms with E-state index in [1.54, 1.807) is 28.7 Å². The summed E-state index contributed by atoms with van der Waals surface area (Å²) in [5.41, 5.74) is 4.25. The van der Waals surface area contributed by atoms with Gasteiger partial charge in [-0.2, -0.15) is 5.10 Å². The molecule has 0 saturated carbocycles. The van der Waals surface area contributed by atoms with Gasteiger partial charge in [-0.3, -0.25) is 19.7 Å². The number of fused-ring (bicyclic) bond motifs is 2. The summed E-state index contributed by atoms with van der Waals surface area (Å²) in [7, 11) is 0. The fourth-order valence-corrected chi connectivity index (χ4v) is 7.12. The van der Waals surface area contributed by atoms with Crippen molar-refractivity contribution in [1.29, 1.82) is 0 Å². The zero-order valence-electron chi connectivity index (χ0n) is 23.5. The second kappa shape index (κ2) is 12.1. The summed E-state index contributed by atoms with van der Waals surface area (Å²) in [6.07, 6.45) is 3.98. The number of nitrogens with one attached hydrogen (secondary N) is 1. The molecule has 44 heavy (non-hydrogen) atoms. The van der Waals surface area contributed by atoms with E-state index in [2.05, 4.69) is 37.2 Å². The predicted octanol–water partition coefficient (Wildman–Crippen LogP) is 4.90. The molecule has 1 amide bonds. The highest BCUT2D eigenvalue weighted by Crippen LogP contribution is 2.40. The van der Waals surface area contributed by atoms with Gasteiger partial charge >= 0.3 is 0 Å². The Morgan fingerprint density at radius 3 is 2.68 bits per heavy atom. The van der Waals surface area contributed by atoms with Crippen LogP contribution in [-0.2, 0) is 17.8 Å². The molecule has 2 atom stereocenters. The molecule has 7 rings (SSSR count). The average molecular weight is 656 g/mol. The molecule has 0 unspecified atom stereocenters. The molecule has 1 saturated heterocycles. The van der Waals surface area contributed by atoms with Crippen molar-refractivity contribution in [2.24, 2.45) is 0 Å².